The number of amides is 4. The number of aliphatic hydroxyl groups is 1. The second kappa shape index (κ2) is 30.7. The number of rotatable bonds is 18. The molecule has 4 amide bonds. The van der Waals surface area contributed by atoms with Crippen LogP contribution in [0.1, 0.15) is 85.8 Å². The topological polar surface area (TPSA) is 166 Å². The van der Waals surface area contributed by atoms with Crippen molar-refractivity contribution in [3.05, 3.63) is 83.6 Å². The number of carbonyl (C=O) groups excluding carboxylic acids is 5. The minimum Gasteiger partial charge on any atom is -0.515 e. The highest BCUT2D eigenvalue weighted by Gasteiger charge is 2.27. The fraction of sp³-hybridized carbons (Fsp3) is 0.558. The van der Waals surface area contributed by atoms with Crippen molar-refractivity contribution in [3.8, 4) is 0 Å². The lowest BCUT2D eigenvalue weighted by atomic mass is 9.97. The van der Waals surface area contributed by atoms with Gasteiger partial charge in [0.25, 0.3) is 0 Å². The molecule has 5 N–H and O–H groups in total. The van der Waals surface area contributed by atoms with E-state index < -0.39 is 48.2 Å². The standard InChI is InChI=1S/C28H42N4O6.C7H8.C6H13NO.C2H6/c1-18(2)13-23(26(36)20(5)16-33)31-25(35)15-29-27(37)24(14-19(3)4)32-28(38)22(30-17-34)12-11-21-9-7-6-8-10-21;1-7-5-3-2-4-6-7;1-2-7-3-5-8-6-4-7;1-2/h6-10,16-19,22-24,33H,11-15H2,1-5H3,(H,29,37)(H,30,34)(H,31,35)(H,32,38);2-6H,1H3;2-6H2,1H3;1-2H3/b20-16+;;;/t22-,23+,24?;;;/m0.../s1. The molecular formula is C43H69N5O7. The van der Waals surface area contributed by atoms with Crippen molar-refractivity contribution in [3.63, 3.8) is 0 Å². The van der Waals surface area contributed by atoms with E-state index in [0.717, 1.165) is 31.9 Å². The quantitative estimate of drug-likeness (QED) is 0.0775. The molecule has 2 aromatic carbocycles. The van der Waals surface area contributed by atoms with Gasteiger partial charge in [0.2, 0.25) is 24.1 Å². The molecule has 1 aliphatic rings. The SMILES string of the molecule is C/C(=C\O)C(=O)[C@@H](CC(C)C)NC(=O)CNC(=O)C(CC(C)C)NC(=O)[C@H](CCc1ccccc1)NC=O.CC.CCN1CCOCC1.Cc1ccccc1. The average Bonchev–Trinajstić information content (AvgIpc) is 3.19. The molecule has 0 aromatic heterocycles. The fourth-order valence-electron chi connectivity index (χ4n) is 5.33. The number of nitrogens with zero attached hydrogens (tertiary/aromatic N) is 1. The Morgan fingerprint density at radius 3 is 1.82 bits per heavy atom. The van der Waals surface area contributed by atoms with Crippen molar-refractivity contribution >= 4 is 29.9 Å². The summed E-state index contributed by atoms with van der Waals surface area (Å²) in [7, 11) is 0. The number of nitrogens with one attached hydrogen (secondary N) is 4. The van der Waals surface area contributed by atoms with Gasteiger partial charge in [-0.3, -0.25) is 28.9 Å². The first-order chi connectivity index (χ1) is 26.3. The number of morpholine rings is 1. The van der Waals surface area contributed by atoms with E-state index in [2.05, 4.69) is 52.1 Å². The largest absolute Gasteiger partial charge is 0.515 e. The Bertz CT molecular complexity index is 1380. The zero-order valence-electron chi connectivity index (χ0n) is 34.7. The first-order valence-corrected chi connectivity index (χ1v) is 19.6. The lowest BCUT2D eigenvalue weighted by Gasteiger charge is -2.24. The molecular weight excluding hydrogens is 699 g/mol. The number of hydrogen-bond donors (Lipinski definition) is 5. The third-order valence-corrected chi connectivity index (χ3v) is 8.35. The summed E-state index contributed by atoms with van der Waals surface area (Å²) in [5.74, 6) is -1.86. The molecule has 12 heteroatoms. The van der Waals surface area contributed by atoms with Gasteiger partial charge in [-0.05, 0) is 63.5 Å². The van der Waals surface area contributed by atoms with Gasteiger partial charge in [0.15, 0.2) is 5.78 Å². The Morgan fingerprint density at radius 2 is 1.36 bits per heavy atom. The molecule has 12 nitrogen and oxygen atoms in total. The Balaban J connectivity index is 0.00000139. The predicted molar refractivity (Wildman–Crippen MR) is 220 cm³/mol. The van der Waals surface area contributed by atoms with Crippen LogP contribution in [-0.4, -0.2) is 97.4 Å². The summed E-state index contributed by atoms with van der Waals surface area (Å²) in [6, 6.07) is 17.2. The summed E-state index contributed by atoms with van der Waals surface area (Å²) in [5.41, 5.74) is 2.45. The molecule has 1 aliphatic heterocycles. The third kappa shape index (κ3) is 23.8. The number of aliphatic hydroxyl groups excluding tert-OH is 1. The van der Waals surface area contributed by atoms with Crippen molar-refractivity contribution in [1.82, 2.24) is 26.2 Å². The van der Waals surface area contributed by atoms with Crippen LogP contribution < -0.4 is 21.3 Å². The van der Waals surface area contributed by atoms with Gasteiger partial charge in [0.1, 0.15) is 12.1 Å². The van der Waals surface area contributed by atoms with Crippen LogP contribution in [0, 0.1) is 18.8 Å². The van der Waals surface area contributed by atoms with Gasteiger partial charge < -0.3 is 31.1 Å². The number of Topliss-reactive ketones (excluding diaryl/α,β-unsaturated/α-hetero) is 1. The molecule has 0 spiro atoms. The van der Waals surface area contributed by atoms with Gasteiger partial charge in [0.05, 0.1) is 32.1 Å². The van der Waals surface area contributed by atoms with E-state index in [4.69, 9.17) is 9.84 Å². The lowest BCUT2D eigenvalue weighted by Crippen LogP contribution is -2.54. The summed E-state index contributed by atoms with van der Waals surface area (Å²) in [4.78, 5) is 64.4. The molecule has 3 rings (SSSR count). The monoisotopic (exact) mass is 768 g/mol. The number of ketones is 1. The number of ether oxygens (including phenoxy) is 1. The van der Waals surface area contributed by atoms with Gasteiger partial charge >= 0.3 is 0 Å². The normalized spacial score (nSPS) is 14.2. The Morgan fingerprint density at radius 1 is 0.818 bits per heavy atom. The average molecular weight is 768 g/mol. The van der Waals surface area contributed by atoms with E-state index >= 15 is 0 Å². The summed E-state index contributed by atoms with van der Waals surface area (Å²) >= 11 is 0. The molecule has 0 aliphatic carbocycles. The molecule has 0 saturated carbocycles. The number of carbonyl (C=O) groups is 5. The van der Waals surface area contributed by atoms with Gasteiger partial charge in [-0.1, -0.05) is 115 Å². The molecule has 1 saturated heterocycles. The van der Waals surface area contributed by atoms with Crippen LogP contribution in [0.15, 0.2) is 72.5 Å². The highest BCUT2D eigenvalue weighted by Crippen LogP contribution is 2.11. The second-order valence-electron chi connectivity index (χ2n) is 13.9. The van der Waals surface area contributed by atoms with Crippen LogP contribution in [0.2, 0.25) is 0 Å². The predicted octanol–water partition coefficient (Wildman–Crippen LogP) is 5.30. The van der Waals surface area contributed by atoms with E-state index in [1.807, 2.05) is 90.1 Å². The van der Waals surface area contributed by atoms with Gasteiger partial charge in [-0.2, -0.15) is 0 Å². The molecule has 1 fully saturated rings. The van der Waals surface area contributed by atoms with Crippen molar-refractivity contribution in [2.75, 3.05) is 39.4 Å². The molecule has 1 unspecified atom stereocenters. The number of benzene rings is 2. The highest BCUT2D eigenvalue weighted by molar-refractivity contribution is 6.01. The second-order valence-corrected chi connectivity index (χ2v) is 13.9. The van der Waals surface area contributed by atoms with Crippen molar-refractivity contribution in [2.24, 2.45) is 11.8 Å². The number of aryl methyl sites for hydroxylation is 2. The van der Waals surface area contributed by atoms with E-state index in [1.54, 1.807) is 0 Å². The van der Waals surface area contributed by atoms with E-state index in [0.29, 0.717) is 38.4 Å². The Labute approximate surface area is 330 Å². The third-order valence-electron chi connectivity index (χ3n) is 8.35. The Hall–Kier alpha value is -4.55. The first-order valence-electron chi connectivity index (χ1n) is 19.6. The fourth-order valence-corrected chi connectivity index (χ4v) is 5.33. The molecule has 3 atom stereocenters. The maximum absolute atomic E-state index is 12.9. The maximum atomic E-state index is 12.9. The molecule has 1 heterocycles. The highest BCUT2D eigenvalue weighted by atomic mass is 16.5. The molecule has 55 heavy (non-hydrogen) atoms. The van der Waals surface area contributed by atoms with Crippen LogP contribution in [0.4, 0.5) is 0 Å². The number of likely N-dealkylation sites (N-methyl/N-ethyl adjacent to an activating group) is 1. The van der Waals surface area contributed by atoms with E-state index in [1.165, 1.54) is 19.0 Å². The van der Waals surface area contributed by atoms with Crippen molar-refractivity contribution in [1.29, 1.82) is 0 Å². The molecule has 0 bridgehead atoms. The van der Waals surface area contributed by atoms with Crippen LogP contribution >= 0.6 is 0 Å². The minimum absolute atomic E-state index is 0.0583. The van der Waals surface area contributed by atoms with Gasteiger partial charge in [-0.25, -0.2) is 0 Å². The van der Waals surface area contributed by atoms with Gasteiger partial charge in [0, 0.05) is 18.7 Å². The lowest BCUT2D eigenvalue weighted by molar-refractivity contribution is -0.132. The first kappa shape index (κ1) is 50.5. The summed E-state index contributed by atoms with van der Waals surface area (Å²) in [6.07, 6.45) is 2.75. The zero-order valence-corrected chi connectivity index (χ0v) is 34.7. The van der Waals surface area contributed by atoms with E-state index in [9.17, 15) is 24.0 Å². The van der Waals surface area contributed by atoms with Crippen LogP contribution in [0.25, 0.3) is 0 Å². The Kier molecular flexibility index (Phi) is 28.2. The van der Waals surface area contributed by atoms with Gasteiger partial charge in [-0.15, -0.1) is 0 Å². The van der Waals surface area contributed by atoms with Crippen LogP contribution in [0.3, 0.4) is 0 Å². The summed E-state index contributed by atoms with van der Waals surface area (Å²) in [6.45, 7) is 22.2. The zero-order chi connectivity index (χ0) is 41.6. The molecule has 308 valence electrons. The molecule has 0 radical (unpaired) electrons. The van der Waals surface area contributed by atoms with Crippen molar-refractivity contribution < 1.29 is 33.8 Å². The number of hydrogen-bond acceptors (Lipinski definition) is 8. The molecule has 2 aromatic rings. The summed E-state index contributed by atoms with van der Waals surface area (Å²) in [5, 5.41) is 19.5. The van der Waals surface area contributed by atoms with E-state index in [-0.39, 0.29) is 17.4 Å². The minimum atomic E-state index is -0.921. The van der Waals surface area contributed by atoms with Crippen LogP contribution in [-0.2, 0) is 35.1 Å². The van der Waals surface area contributed by atoms with Crippen LogP contribution in [0.5, 0.6) is 0 Å². The smallest absolute Gasteiger partial charge is 0.243 e. The summed E-state index contributed by atoms with van der Waals surface area (Å²) < 4.78 is 5.16. The van der Waals surface area contributed by atoms with Crippen molar-refractivity contribution in [2.45, 2.75) is 106 Å². The maximum Gasteiger partial charge on any atom is 0.243 e.